The SMILES string of the molecule is CC(C)(C)C#Cc1cc(N(C=O)C2CCC(NC(=O)OC3CN(C(=O)OC(C)(C)C)C3)CC2)c(C(=O)O)s1. The lowest BCUT2D eigenvalue weighted by molar-refractivity contribution is -0.108. The zero-order chi connectivity index (χ0) is 28.3. The van der Waals surface area contributed by atoms with E-state index >= 15 is 0 Å². The van der Waals surface area contributed by atoms with Crippen LogP contribution in [0.2, 0.25) is 0 Å². The minimum atomic E-state index is -1.10. The molecule has 1 saturated carbocycles. The van der Waals surface area contributed by atoms with Crippen LogP contribution in [0.25, 0.3) is 0 Å². The van der Waals surface area contributed by atoms with Crippen LogP contribution in [0, 0.1) is 17.3 Å². The number of carboxylic acids is 1. The Morgan fingerprint density at radius 2 is 1.76 bits per heavy atom. The van der Waals surface area contributed by atoms with E-state index < -0.39 is 23.8 Å². The standard InChI is InChI=1S/C27H37N3O7S/c1-26(2,3)12-11-20-13-21(22(38-20)23(32)33)30(16-31)18-9-7-17(8-10-18)28-24(34)36-19-14-29(15-19)25(35)37-27(4,5)6/h13,16-19H,7-10,14-15H2,1-6H3,(H,28,34)(H,32,33). The Balaban J connectivity index is 1.51. The van der Waals surface area contributed by atoms with Crippen molar-refractivity contribution < 1.29 is 33.8 Å². The van der Waals surface area contributed by atoms with Crippen LogP contribution in [0.15, 0.2) is 6.07 Å². The first kappa shape index (κ1) is 29.3. The molecular weight excluding hydrogens is 510 g/mol. The van der Waals surface area contributed by atoms with Crippen molar-refractivity contribution >= 4 is 41.6 Å². The number of alkyl carbamates (subject to hydrolysis) is 1. The molecule has 11 heteroatoms. The first-order chi connectivity index (χ1) is 17.6. The number of hydrogen-bond donors (Lipinski definition) is 2. The zero-order valence-electron chi connectivity index (χ0n) is 22.8. The maximum atomic E-state index is 12.4. The van der Waals surface area contributed by atoms with Crippen molar-refractivity contribution in [2.75, 3.05) is 18.0 Å². The number of ether oxygens (including phenoxy) is 2. The molecular formula is C27H37N3O7S. The quantitative estimate of drug-likeness (QED) is 0.398. The molecule has 3 amide bonds. The molecule has 3 rings (SSSR count). The number of likely N-dealkylation sites (tertiary alicyclic amines) is 1. The van der Waals surface area contributed by atoms with Crippen LogP contribution in [-0.2, 0) is 14.3 Å². The summed E-state index contributed by atoms with van der Waals surface area (Å²) >= 11 is 1.06. The predicted molar refractivity (Wildman–Crippen MR) is 143 cm³/mol. The summed E-state index contributed by atoms with van der Waals surface area (Å²) in [6, 6.07) is 1.36. The molecule has 38 heavy (non-hydrogen) atoms. The Bertz CT molecular complexity index is 1110. The van der Waals surface area contributed by atoms with Gasteiger partial charge in [-0.3, -0.25) is 4.79 Å². The minimum absolute atomic E-state index is 0.0834. The maximum Gasteiger partial charge on any atom is 0.410 e. The summed E-state index contributed by atoms with van der Waals surface area (Å²) in [6.45, 7) is 11.9. The van der Waals surface area contributed by atoms with Crippen molar-refractivity contribution in [3.63, 3.8) is 0 Å². The molecule has 1 aromatic heterocycles. The highest BCUT2D eigenvalue weighted by Crippen LogP contribution is 2.34. The average Bonchev–Trinajstić information content (AvgIpc) is 3.19. The number of carbonyl (C=O) groups is 4. The van der Waals surface area contributed by atoms with Crippen molar-refractivity contribution in [1.29, 1.82) is 0 Å². The average molecular weight is 548 g/mol. The molecule has 2 N–H and O–H groups in total. The van der Waals surface area contributed by atoms with Gasteiger partial charge in [0.1, 0.15) is 16.6 Å². The summed E-state index contributed by atoms with van der Waals surface area (Å²) in [4.78, 5) is 51.9. The number of aromatic carboxylic acids is 1. The van der Waals surface area contributed by atoms with Crippen molar-refractivity contribution in [1.82, 2.24) is 10.2 Å². The Hall–Kier alpha value is -3.26. The largest absolute Gasteiger partial charge is 0.477 e. The second kappa shape index (κ2) is 11.6. The summed E-state index contributed by atoms with van der Waals surface area (Å²) < 4.78 is 10.7. The van der Waals surface area contributed by atoms with Crippen LogP contribution in [0.3, 0.4) is 0 Å². The Morgan fingerprint density at radius 1 is 1.13 bits per heavy atom. The molecule has 2 heterocycles. The minimum Gasteiger partial charge on any atom is -0.477 e. The lowest BCUT2D eigenvalue weighted by Gasteiger charge is -2.39. The molecule has 0 radical (unpaired) electrons. The van der Waals surface area contributed by atoms with E-state index in [4.69, 9.17) is 9.47 Å². The van der Waals surface area contributed by atoms with Gasteiger partial charge in [0.25, 0.3) is 0 Å². The molecule has 0 unspecified atom stereocenters. The van der Waals surface area contributed by atoms with Gasteiger partial charge < -0.3 is 29.7 Å². The van der Waals surface area contributed by atoms with Crippen LogP contribution in [0.5, 0.6) is 0 Å². The molecule has 2 aliphatic rings. The fourth-order valence-electron chi connectivity index (χ4n) is 4.22. The van der Waals surface area contributed by atoms with E-state index in [1.54, 1.807) is 26.8 Å². The third-order valence-electron chi connectivity index (χ3n) is 6.04. The van der Waals surface area contributed by atoms with Crippen molar-refractivity contribution in [3.8, 4) is 11.8 Å². The number of nitrogens with zero attached hydrogens (tertiary/aromatic N) is 2. The number of carboxylic acid groups (broad SMARTS) is 1. The summed E-state index contributed by atoms with van der Waals surface area (Å²) in [5.41, 5.74) is -0.466. The Morgan fingerprint density at radius 3 is 2.29 bits per heavy atom. The summed E-state index contributed by atoms with van der Waals surface area (Å²) in [5, 5.41) is 12.6. The van der Waals surface area contributed by atoms with Gasteiger partial charge in [-0.15, -0.1) is 11.3 Å². The molecule has 2 fully saturated rings. The van der Waals surface area contributed by atoms with Gasteiger partial charge in [-0.25, -0.2) is 14.4 Å². The molecule has 208 valence electrons. The van der Waals surface area contributed by atoms with E-state index in [-0.39, 0.29) is 41.6 Å². The Kier molecular flexibility index (Phi) is 8.97. The number of thiophene rings is 1. The monoisotopic (exact) mass is 547 g/mol. The summed E-state index contributed by atoms with van der Waals surface area (Å²) in [6.07, 6.45) is 1.74. The lowest BCUT2D eigenvalue weighted by atomic mass is 9.90. The van der Waals surface area contributed by atoms with E-state index in [1.807, 2.05) is 20.8 Å². The van der Waals surface area contributed by atoms with Crippen LogP contribution >= 0.6 is 11.3 Å². The first-order valence-electron chi connectivity index (χ1n) is 12.7. The number of rotatable bonds is 6. The van der Waals surface area contributed by atoms with Crippen LogP contribution in [-0.4, -0.2) is 71.5 Å². The van der Waals surface area contributed by atoms with Crippen LogP contribution < -0.4 is 10.2 Å². The molecule has 1 aliphatic carbocycles. The number of anilines is 1. The summed E-state index contributed by atoms with van der Waals surface area (Å²) in [5.74, 6) is 5.03. The van der Waals surface area contributed by atoms with Crippen molar-refractivity contribution in [2.45, 2.75) is 91.0 Å². The number of carbonyl (C=O) groups excluding carboxylic acids is 3. The molecule has 0 spiro atoms. The fourth-order valence-corrected chi connectivity index (χ4v) is 5.06. The highest BCUT2D eigenvalue weighted by Gasteiger charge is 2.37. The maximum absolute atomic E-state index is 12.4. The molecule has 0 atom stereocenters. The third-order valence-corrected chi connectivity index (χ3v) is 7.07. The predicted octanol–water partition coefficient (Wildman–Crippen LogP) is 4.46. The topological polar surface area (TPSA) is 125 Å². The molecule has 0 bridgehead atoms. The number of hydrogen-bond acceptors (Lipinski definition) is 7. The molecule has 1 saturated heterocycles. The second-order valence-electron chi connectivity index (χ2n) is 11.7. The van der Waals surface area contributed by atoms with Gasteiger partial charge >= 0.3 is 18.2 Å². The highest BCUT2D eigenvalue weighted by molar-refractivity contribution is 7.15. The smallest absolute Gasteiger partial charge is 0.410 e. The molecule has 1 aromatic rings. The second-order valence-corrected chi connectivity index (χ2v) is 12.8. The number of nitrogens with one attached hydrogen (secondary N) is 1. The van der Waals surface area contributed by atoms with Gasteiger partial charge in [0.2, 0.25) is 6.41 Å². The van der Waals surface area contributed by atoms with Crippen molar-refractivity contribution in [2.24, 2.45) is 5.41 Å². The van der Waals surface area contributed by atoms with Crippen LogP contribution in [0.1, 0.15) is 81.8 Å². The molecule has 1 aliphatic heterocycles. The highest BCUT2D eigenvalue weighted by atomic mass is 32.1. The third kappa shape index (κ3) is 8.12. The van der Waals surface area contributed by atoms with Gasteiger partial charge in [0.05, 0.1) is 23.7 Å². The lowest BCUT2D eigenvalue weighted by Crippen LogP contribution is -2.57. The van der Waals surface area contributed by atoms with Gasteiger partial charge in [-0.1, -0.05) is 11.8 Å². The van der Waals surface area contributed by atoms with E-state index in [0.29, 0.717) is 42.7 Å². The normalized spacial score (nSPS) is 19.9. The van der Waals surface area contributed by atoms with Gasteiger partial charge in [-0.2, -0.15) is 0 Å². The number of amides is 3. The van der Waals surface area contributed by atoms with E-state index in [2.05, 4.69) is 17.2 Å². The zero-order valence-corrected chi connectivity index (χ0v) is 23.6. The van der Waals surface area contributed by atoms with E-state index in [1.165, 1.54) is 9.80 Å². The van der Waals surface area contributed by atoms with Gasteiger partial charge in [0.15, 0.2) is 0 Å². The van der Waals surface area contributed by atoms with Gasteiger partial charge in [0, 0.05) is 17.5 Å². The Labute approximate surface area is 227 Å². The van der Waals surface area contributed by atoms with E-state index in [0.717, 1.165) is 11.3 Å². The fraction of sp³-hybridized carbons (Fsp3) is 0.630. The van der Waals surface area contributed by atoms with E-state index in [9.17, 15) is 24.3 Å². The molecule has 0 aromatic carbocycles. The summed E-state index contributed by atoms with van der Waals surface area (Å²) in [7, 11) is 0. The molecule has 10 nitrogen and oxygen atoms in total. The van der Waals surface area contributed by atoms with Crippen molar-refractivity contribution in [3.05, 3.63) is 15.8 Å². The first-order valence-corrected chi connectivity index (χ1v) is 13.6. The van der Waals surface area contributed by atoms with Crippen LogP contribution in [0.4, 0.5) is 15.3 Å². The van der Waals surface area contributed by atoms with Gasteiger partial charge in [-0.05, 0) is 73.3 Å².